The van der Waals surface area contributed by atoms with Crippen LogP contribution in [0.25, 0.3) is 22.2 Å². The molecule has 0 radical (unpaired) electrons. The number of carbonyl (C=O) groups is 1. The zero-order valence-electron chi connectivity index (χ0n) is 9.62. The van der Waals surface area contributed by atoms with Crippen LogP contribution in [-0.4, -0.2) is 20.8 Å². The minimum atomic E-state index is -1.12. The minimum absolute atomic E-state index is 0.154. The highest BCUT2D eigenvalue weighted by Crippen LogP contribution is 2.24. The number of benzene rings is 1. The third-order valence-corrected chi connectivity index (χ3v) is 2.90. The molecule has 0 unspecified atom stereocenters. The maximum absolute atomic E-state index is 10.7. The highest BCUT2D eigenvalue weighted by molar-refractivity contribution is 5.88. The lowest BCUT2D eigenvalue weighted by atomic mass is 10.1. The third-order valence-electron chi connectivity index (χ3n) is 2.90. The summed E-state index contributed by atoms with van der Waals surface area (Å²) in [6, 6.07) is 9.24. The lowest BCUT2D eigenvalue weighted by molar-refractivity contribution is 0.0652. The molecule has 90 valence electrons. The van der Waals surface area contributed by atoms with Crippen LogP contribution in [-0.2, 0) is 7.05 Å². The topological polar surface area (TPSA) is 68.3 Å². The maximum Gasteiger partial charge on any atom is 0.374 e. The third kappa shape index (κ3) is 1.57. The zero-order valence-corrected chi connectivity index (χ0v) is 9.62. The summed E-state index contributed by atoms with van der Waals surface area (Å²) in [7, 11) is 1.97. The highest BCUT2D eigenvalue weighted by Gasteiger charge is 2.12. The van der Waals surface area contributed by atoms with Crippen molar-refractivity contribution in [2.45, 2.75) is 0 Å². The van der Waals surface area contributed by atoms with Crippen molar-refractivity contribution < 1.29 is 14.4 Å². The molecule has 0 bridgehead atoms. The average Bonchev–Trinajstić information content (AvgIpc) is 2.96. The number of carboxylic acid groups (broad SMARTS) is 1. The second-order valence-electron chi connectivity index (χ2n) is 4.08. The minimum Gasteiger partial charge on any atom is -0.475 e. The quantitative estimate of drug-likeness (QED) is 0.749. The van der Waals surface area contributed by atoms with Gasteiger partial charge in [0.2, 0.25) is 5.76 Å². The molecule has 0 aliphatic carbocycles. The number of aromatic nitrogens is 2. The monoisotopic (exact) mass is 242 g/mol. The summed E-state index contributed by atoms with van der Waals surface area (Å²) < 4.78 is 6.76. The average molecular weight is 242 g/mol. The molecular formula is C13H10N2O3. The summed E-state index contributed by atoms with van der Waals surface area (Å²) in [6.07, 6.45) is 1.97. The van der Waals surface area contributed by atoms with Crippen LogP contribution < -0.4 is 0 Å². The summed E-state index contributed by atoms with van der Waals surface area (Å²) in [5.41, 5.74) is 2.48. The van der Waals surface area contributed by atoms with Crippen LogP contribution in [0.3, 0.4) is 0 Å². The van der Waals surface area contributed by atoms with Crippen LogP contribution >= 0.6 is 0 Å². The Balaban J connectivity index is 2.10. The highest BCUT2D eigenvalue weighted by atomic mass is 16.5. The van der Waals surface area contributed by atoms with Gasteiger partial charge in [-0.3, -0.25) is 0 Å². The number of aryl methyl sites for hydroxylation is 1. The predicted molar refractivity (Wildman–Crippen MR) is 65.4 cm³/mol. The van der Waals surface area contributed by atoms with Crippen molar-refractivity contribution in [1.82, 2.24) is 9.72 Å². The van der Waals surface area contributed by atoms with E-state index in [-0.39, 0.29) is 5.76 Å². The summed E-state index contributed by atoms with van der Waals surface area (Å²) in [4.78, 5) is 10.7. The Bertz CT molecular complexity index is 740. The first-order valence-corrected chi connectivity index (χ1v) is 5.40. The molecule has 0 spiro atoms. The van der Waals surface area contributed by atoms with E-state index in [1.165, 1.54) is 6.07 Å². The van der Waals surface area contributed by atoms with Gasteiger partial charge in [0.25, 0.3) is 0 Å². The lowest BCUT2D eigenvalue weighted by Gasteiger charge is -1.98. The van der Waals surface area contributed by atoms with E-state index in [9.17, 15) is 4.79 Å². The van der Waals surface area contributed by atoms with Gasteiger partial charge >= 0.3 is 5.97 Å². The normalized spacial score (nSPS) is 10.9. The molecule has 5 heteroatoms. The molecule has 2 heterocycles. The van der Waals surface area contributed by atoms with E-state index in [1.807, 2.05) is 42.1 Å². The van der Waals surface area contributed by atoms with Crippen LogP contribution in [0.1, 0.15) is 10.6 Å². The summed E-state index contributed by atoms with van der Waals surface area (Å²) in [5, 5.41) is 13.6. The number of nitrogens with zero attached hydrogens (tertiary/aromatic N) is 2. The standard InChI is InChI=1S/C13H10N2O3/c1-15-5-4-9-6-8(2-3-11(9)15)10-7-12(13(16)17)18-14-10/h2-7H,1H3,(H,16,17). The van der Waals surface area contributed by atoms with Gasteiger partial charge in [-0.1, -0.05) is 11.2 Å². The SMILES string of the molecule is Cn1ccc2cc(-c3cc(C(=O)O)on3)ccc21. The van der Waals surface area contributed by atoms with E-state index in [0.29, 0.717) is 5.69 Å². The van der Waals surface area contributed by atoms with E-state index in [2.05, 4.69) is 5.16 Å². The summed E-state index contributed by atoms with van der Waals surface area (Å²) in [6.45, 7) is 0. The second kappa shape index (κ2) is 3.73. The molecule has 5 nitrogen and oxygen atoms in total. The largest absolute Gasteiger partial charge is 0.475 e. The van der Waals surface area contributed by atoms with Gasteiger partial charge in [-0.2, -0.15) is 0 Å². The molecule has 0 saturated carbocycles. The van der Waals surface area contributed by atoms with Gasteiger partial charge in [0.15, 0.2) is 0 Å². The molecule has 0 aliphatic rings. The van der Waals surface area contributed by atoms with Gasteiger partial charge in [0.1, 0.15) is 5.69 Å². The molecule has 3 rings (SSSR count). The fourth-order valence-electron chi connectivity index (χ4n) is 1.95. The molecule has 0 atom stereocenters. The molecule has 3 aromatic rings. The molecule has 0 amide bonds. The molecule has 2 aromatic heterocycles. The lowest BCUT2D eigenvalue weighted by Crippen LogP contribution is -1.91. The van der Waals surface area contributed by atoms with Gasteiger partial charge < -0.3 is 14.2 Å². The molecule has 0 aliphatic heterocycles. The first kappa shape index (κ1) is 10.6. The number of aromatic carboxylic acids is 1. The number of hydrogen-bond donors (Lipinski definition) is 1. The molecule has 1 N–H and O–H groups in total. The summed E-state index contributed by atoms with van der Waals surface area (Å²) >= 11 is 0. The number of hydrogen-bond acceptors (Lipinski definition) is 3. The first-order valence-electron chi connectivity index (χ1n) is 5.40. The molecular weight excluding hydrogens is 232 g/mol. The Kier molecular flexibility index (Phi) is 2.19. The van der Waals surface area contributed by atoms with Crippen molar-refractivity contribution in [2.75, 3.05) is 0 Å². The Morgan fingerprint density at radius 1 is 1.33 bits per heavy atom. The fourth-order valence-corrected chi connectivity index (χ4v) is 1.95. The Morgan fingerprint density at radius 2 is 2.17 bits per heavy atom. The number of rotatable bonds is 2. The van der Waals surface area contributed by atoms with Gasteiger partial charge in [-0.25, -0.2) is 4.79 Å². The molecule has 18 heavy (non-hydrogen) atoms. The van der Waals surface area contributed by atoms with Crippen LogP contribution in [0, 0.1) is 0 Å². The Morgan fingerprint density at radius 3 is 2.89 bits per heavy atom. The smallest absolute Gasteiger partial charge is 0.374 e. The van der Waals surface area contributed by atoms with Crippen molar-refractivity contribution in [3.05, 3.63) is 42.3 Å². The number of fused-ring (bicyclic) bond motifs is 1. The van der Waals surface area contributed by atoms with Crippen LogP contribution in [0.2, 0.25) is 0 Å². The van der Waals surface area contributed by atoms with Crippen molar-refractivity contribution in [2.24, 2.45) is 7.05 Å². The van der Waals surface area contributed by atoms with Crippen molar-refractivity contribution in [3.63, 3.8) is 0 Å². The zero-order chi connectivity index (χ0) is 12.7. The van der Waals surface area contributed by atoms with Crippen LogP contribution in [0.5, 0.6) is 0 Å². The van der Waals surface area contributed by atoms with Crippen molar-refractivity contribution in [1.29, 1.82) is 0 Å². The van der Waals surface area contributed by atoms with E-state index in [0.717, 1.165) is 16.5 Å². The predicted octanol–water partition coefficient (Wildman–Crippen LogP) is 2.53. The maximum atomic E-state index is 10.7. The van der Waals surface area contributed by atoms with Crippen LogP contribution in [0.4, 0.5) is 0 Å². The van der Waals surface area contributed by atoms with E-state index < -0.39 is 5.97 Å². The van der Waals surface area contributed by atoms with Gasteiger partial charge in [-0.15, -0.1) is 0 Å². The fraction of sp³-hybridized carbons (Fsp3) is 0.0769. The first-order chi connectivity index (χ1) is 8.65. The van der Waals surface area contributed by atoms with Gasteiger partial charge in [0, 0.05) is 35.8 Å². The molecule has 1 aromatic carbocycles. The molecule has 0 saturated heterocycles. The van der Waals surface area contributed by atoms with E-state index >= 15 is 0 Å². The summed E-state index contributed by atoms with van der Waals surface area (Å²) in [5.74, 6) is -1.27. The van der Waals surface area contributed by atoms with Gasteiger partial charge in [-0.05, 0) is 18.2 Å². The molecule has 0 fully saturated rings. The van der Waals surface area contributed by atoms with Gasteiger partial charge in [0.05, 0.1) is 0 Å². The van der Waals surface area contributed by atoms with Crippen molar-refractivity contribution >= 4 is 16.9 Å². The van der Waals surface area contributed by atoms with E-state index in [1.54, 1.807) is 0 Å². The van der Waals surface area contributed by atoms with Crippen molar-refractivity contribution in [3.8, 4) is 11.3 Å². The van der Waals surface area contributed by atoms with E-state index in [4.69, 9.17) is 9.63 Å². The second-order valence-corrected chi connectivity index (χ2v) is 4.08. The Hall–Kier alpha value is -2.56. The Labute approximate surface area is 102 Å². The number of carboxylic acids is 1. The van der Waals surface area contributed by atoms with Crippen LogP contribution in [0.15, 0.2) is 41.1 Å².